The number of nitrogens with one attached hydrogen (secondary N) is 1. The van der Waals surface area contributed by atoms with Crippen LogP contribution in [0, 0.1) is 11.8 Å². The molecule has 0 fully saturated rings. The van der Waals surface area contributed by atoms with Crippen LogP contribution in [0.2, 0.25) is 0 Å². The van der Waals surface area contributed by atoms with E-state index in [1.54, 1.807) is 7.05 Å². The molecular weight excluding hydrogens is 102 g/mol. The average Bonchev–Trinajstić information content (AvgIpc) is 2.44. The van der Waals surface area contributed by atoms with Crippen molar-refractivity contribution in [2.75, 3.05) is 7.05 Å². The van der Waals surface area contributed by atoms with Gasteiger partial charge in [-0.1, -0.05) is 11.8 Å². The Morgan fingerprint density at radius 2 is 2.12 bits per heavy atom. The van der Waals surface area contributed by atoms with Gasteiger partial charge in [-0.3, -0.25) is 10.1 Å². The first-order valence-corrected chi connectivity index (χ1v) is 2.45. The first-order valence-electron chi connectivity index (χ1n) is 2.45. The van der Waals surface area contributed by atoms with Crippen LogP contribution in [0.25, 0.3) is 0 Å². The number of rotatable bonds is 2. The van der Waals surface area contributed by atoms with Gasteiger partial charge < -0.3 is 0 Å². The van der Waals surface area contributed by atoms with E-state index in [-0.39, 0.29) is 5.78 Å². The summed E-state index contributed by atoms with van der Waals surface area (Å²) in [7, 11) is 1.72. The molecule has 42 valence electrons. The van der Waals surface area contributed by atoms with Crippen molar-refractivity contribution in [3.05, 3.63) is 0 Å². The molecule has 0 aromatic heterocycles. The van der Waals surface area contributed by atoms with Gasteiger partial charge in [0.2, 0.25) is 5.54 Å². The monoisotopic (exact) mass is 109 g/mol. The zero-order valence-corrected chi connectivity index (χ0v) is 4.91. The van der Waals surface area contributed by atoms with E-state index in [4.69, 9.17) is 0 Å². The molecule has 2 nitrogen and oxygen atoms in total. The van der Waals surface area contributed by atoms with E-state index in [2.05, 4.69) is 17.2 Å². The highest BCUT2D eigenvalue weighted by atomic mass is 16.1. The topological polar surface area (TPSA) is 29.1 Å². The summed E-state index contributed by atoms with van der Waals surface area (Å²) >= 11 is 0. The maximum atomic E-state index is 10.6. The van der Waals surface area contributed by atoms with E-state index in [9.17, 15) is 4.79 Å². The van der Waals surface area contributed by atoms with Crippen LogP contribution in [0.15, 0.2) is 0 Å². The lowest BCUT2D eigenvalue weighted by Gasteiger charge is -2.05. The van der Waals surface area contributed by atoms with Crippen molar-refractivity contribution in [2.45, 2.75) is 12.5 Å². The van der Waals surface area contributed by atoms with Crippen LogP contribution in [-0.2, 0) is 4.79 Å². The molecule has 0 unspecified atom stereocenters. The summed E-state index contributed by atoms with van der Waals surface area (Å²) in [6.45, 7) is 1.52. The predicted octanol–water partition coefficient (Wildman–Crippen LogP) is -0.449. The summed E-state index contributed by atoms with van der Waals surface area (Å²) in [6.07, 6.45) is 0. The third-order valence-corrected chi connectivity index (χ3v) is 1.28. The van der Waals surface area contributed by atoms with Crippen LogP contribution in [0.3, 0.4) is 0 Å². The molecule has 0 bridgehead atoms. The number of carbonyl (C=O) groups excluding carboxylic acids is 1. The lowest BCUT2D eigenvalue weighted by molar-refractivity contribution is -0.118. The molecule has 0 aromatic rings. The molecule has 0 aliphatic heterocycles. The fourth-order valence-corrected chi connectivity index (χ4v) is 0.540. The molecule has 0 radical (unpaired) electrons. The second-order valence-electron chi connectivity index (χ2n) is 1.81. The van der Waals surface area contributed by atoms with Crippen LogP contribution < -0.4 is 5.32 Å². The maximum Gasteiger partial charge on any atom is 0.200 e. The van der Waals surface area contributed by atoms with Crippen LogP contribution in [0.4, 0.5) is 0 Å². The van der Waals surface area contributed by atoms with E-state index < -0.39 is 5.54 Å². The molecule has 1 N–H and O–H groups in total. The molecule has 0 heterocycles. The van der Waals surface area contributed by atoms with Gasteiger partial charge in [0.25, 0.3) is 0 Å². The van der Waals surface area contributed by atoms with E-state index in [1.165, 1.54) is 6.92 Å². The Bertz CT molecular complexity index is 176. The van der Waals surface area contributed by atoms with Gasteiger partial charge in [-0.2, -0.15) is 0 Å². The molecule has 1 aliphatic rings. The molecular formula is C6H7NO. The molecule has 0 atom stereocenters. The zero-order chi connectivity index (χ0) is 6.20. The second-order valence-corrected chi connectivity index (χ2v) is 1.81. The lowest BCUT2D eigenvalue weighted by atomic mass is 10.1. The van der Waals surface area contributed by atoms with Gasteiger partial charge in [0, 0.05) is 0 Å². The Morgan fingerprint density at radius 1 is 1.62 bits per heavy atom. The largest absolute Gasteiger partial charge is 0.296 e. The van der Waals surface area contributed by atoms with Gasteiger partial charge >= 0.3 is 0 Å². The average molecular weight is 109 g/mol. The highest BCUT2D eigenvalue weighted by Crippen LogP contribution is 2.12. The fraction of sp³-hybridized carbons (Fsp3) is 0.500. The van der Waals surface area contributed by atoms with Crippen molar-refractivity contribution in [1.29, 1.82) is 0 Å². The first-order chi connectivity index (χ1) is 3.71. The summed E-state index contributed by atoms with van der Waals surface area (Å²) < 4.78 is 0. The van der Waals surface area contributed by atoms with Crippen molar-refractivity contribution < 1.29 is 4.79 Å². The Hall–Kier alpha value is -0.810. The highest BCUT2D eigenvalue weighted by molar-refractivity contribution is 5.99. The van der Waals surface area contributed by atoms with Crippen molar-refractivity contribution >= 4 is 5.78 Å². The van der Waals surface area contributed by atoms with Crippen LogP contribution in [0.1, 0.15) is 6.92 Å². The molecule has 0 aromatic carbocycles. The highest BCUT2D eigenvalue weighted by Gasteiger charge is 2.37. The first kappa shape index (κ1) is 5.33. The van der Waals surface area contributed by atoms with Crippen molar-refractivity contribution in [1.82, 2.24) is 5.32 Å². The fourth-order valence-electron chi connectivity index (χ4n) is 0.540. The maximum absolute atomic E-state index is 10.6. The minimum absolute atomic E-state index is 0.0556. The van der Waals surface area contributed by atoms with E-state index in [0.717, 1.165) is 0 Å². The van der Waals surface area contributed by atoms with Crippen LogP contribution in [-0.4, -0.2) is 18.4 Å². The molecule has 2 heteroatoms. The van der Waals surface area contributed by atoms with Crippen molar-refractivity contribution in [3.8, 4) is 11.8 Å². The number of Topliss-reactive ketones (excluding diaryl/α,β-unsaturated/α-hetero) is 1. The standard InChI is InChI=1S/C6H7NO/c1-5(8)6(7-2)3-4-6/h7H,1-2H3. The minimum atomic E-state index is -0.597. The Morgan fingerprint density at radius 3 is 2.12 bits per heavy atom. The summed E-state index contributed by atoms with van der Waals surface area (Å²) in [5.41, 5.74) is -0.597. The number of likely N-dealkylation sites (N-methyl/N-ethyl adjacent to an activating group) is 1. The van der Waals surface area contributed by atoms with Crippen LogP contribution in [0.5, 0.6) is 0 Å². The third-order valence-electron chi connectivity index (χ3n) is 1.28. The summed E-state index contributed by atoms with van der Waals surface area (Å²) in [5.74, 6) is 5.43. The summed E-state index contributed by atoms with van der Waals surface area (Å²) in [5, 5.41) is 2.78. The minimum Gasteiger partial charge on any atom is -0.296 e. The van der Waals surface area contributed by atoms with Gasteiger partial charge in [-0.15, -0.1) is 0 Å². The van der Waals surface area contributed by atoms with Crippen molar-refractivity contribution in [3.63, 3.8) is 0 Å². The van der Waals surface area contributed by atoms with E-state index in [1.807, 2.05) is 0 Å². The number of ketones is 1. The Balaban J connectivity index is 2.56. The number of carbonyl (C=O) groups is 1. The normalized spacial score (nSPS) is 18.8. The van der Waals surface area contributed by atoms with E-state index in [0.29, 0.717) is 0 Å². The van der Waals surface area contributed by atoms with Gasteiger partial charge in [0.15, 0.2) is 5.78 Å². The third kappa shape index (κ3) is 0.524. The molecule has 1 rings (SSSR count). The zero-order valence-electron chi connectivity index (χ0n) is 4.91. The number of hydrogen-bond donors (Lipinski definition) is 1. The Labute approximate surface area is 48.3 Å². The van der Waals surface area contributed by atoms with Crippen molar-refractivity contribution in [2.24, 2.45) is 0 Å². The number of hydrogen-bond acceptors (Lipinski definition) is 2. The van der Waals surface area contributed by atoms with Gasteiger partial charge in [0.05, 0.1) is 0 Å². The molecule has 0 saturated heterocycles. The molecule has 0 spiro atoms. The lowest BCUT2D eigenvalue weighted by Crippen LogP contribution is -2.38. The van der Waals surface area contributed by atoms with E-state index >= 15 is 0 Å². The molecule has 1 aliphatic carbocycles. The smallest absolute Gasteiger partial charge is 0.200 e. The molecule has 8 heavy (non-hydrogen) atoms. The quantitative estimate of drug-likeness (QED) is 0.487. The predicted molar refractivity (Wildman–Crippen MR) is 30.2 cm³/mol. The molecule has 0 saturated carbocycles. The second kappa shape index (κ2) is 1.33. The molecule has 0 amide bonds. The van der Waals surface area contributed by atoms with Gasteiger partial charge in [0.1, 0.15) is 0 Å². The van der Waals surface area contributed by atoms with Gasteiger partial charge in [-0.05, 0) is 14.0 Å². The van der Waals surface area contributed by atoms with Gasteiger partial charge in [-0.25, -0.2) is 0 Å². The summed E-state index contributed by atoms with van der Waals surface area (Å²) in [4.78, 5) is 10.6. The Kier molecular flexibility index (Phi) is 0.887. The van der Waals surface area contributed by atoms with Crippen LogP contribution >= 0.6 is 0 Å². The SMILES string of the molecule is CNC1(C(C)=O)C#C1. The summed E-state index contributed by atoms with van der Waals surface area (Å²) in [6, 6.07) is 0.